The number of rotatable bonds is 6. The van der Waals surface area contributed by atoms with Crippen LogP contribution in [0.5, 0.6) is 5.75 Å². The molecule has 0 unspecified atom stereocenters. The summed E-state index contributed by atoms with van der Waals surface area (Å²) in [6.07, 6.45) is -0.227. The maximum atomic E-state index is 12.9. The molecule has 2 aromatic rings. The monoisotopic (exact) mass is 450 g/mol. The van der Waals surface area contributed by atoms with E-state index in [9.17, 15) is 9.59 Å². The molecule has 0 N–H and O–H groups in total. The normalized spacial score (nSPS) is 11.8. The average molecular weight is 451 g/mol. The molecule has 2 aromatic carbocycles. The predicted molar refractivity (Wildman–Crippen MR) is 135 cm³/mol. The lowest BCUT2D eigenvalue weighted by atomic mass is 9.77. The Balaban J connectivity index is 2.71. The second-order valence-corrected chi connectivity index (χ2v) is 10.6. The van der Waals surface area contributed by atoms with Crippen LogP contribution in [0, 0.1) is 13.8 Å². The van der Waals surface area contributed by atoms with Crippen molar-refractivity contribution in [1.82, 2.24) is 0 Å². The molecule has 0 aliphatic heterocycles. The third kappa shape index (κ3) is 6.34. The van der Waals surface area contributed by atoms with Crippen LogP contribution in [0.3, 0.4) is 0 Å². The van der Waals surface area contributed by atoms with Crippen molar-refractivity contribution in [2.75, 3.05) is 6.61 Å². The van der Waals surface area contributed by atoms with Gasteiger partial charge in [0.15, 0.2) is 0 Å². The van der Waals surface area contributed by atoms with Gasteiger partial charge in [-0.15, -0.1) is 0 Å². The molecule has 0 atom stereocenters. The second-order valence-electron chi connectivity index (χ2n) is 10.6. The fourth-order valence-electron chi connectivity index (χ4n) is 3.60. The molecule has 33 heavy (non-hydrogen) atoms. The molecule has 4 heteroatoms. The Kier molecular flexibility index (Phi) is 7.95. The molecule has 0 fully saturated rings. The summed E-state index contributed by atoms with van der Waals surface area (Å²) in [7, 11) is 0. The number of carbonyl (C=O) groups is 2. The quantitative estimate of drug-likeness (QED) is 0.271. The fraction of sp³-hybridized carbons (Fsp3) is 0.448. The molecule has 0 bridgehead atoms. The summed E-state index contributed by atoms with van der Waals surface area (Å²) < 4.78 is 11.0. The molecule has 2 rings (SSSR count). The Morgan fingerprint density at radius 3 is 2.12 bits per heavy atom. The van der Waals surface area contributed by atoms with E-state index >= 15 is 0 Å². The summed E-state index contributed by atoms with van der Waals surface area (Å²) in [6, 6.07) is 10.4. The summed E-state index contributed by atoms with van der Waals surface area (Å²) in [6.45, 7) is 22.7. The Hall–Kier alpha value is -2.88. The number of esters is 2. The van der Waals surface area contributed by atoms with Gasteiger partial charge in [0.25, 0.3) is 0 Å². The summed E-state index contributed by atoms with van der Waals surface area (Å²) in [5.74, 6) is -0.581. The highest BCUT2D eigenvalue weighted by atomic mass is 16.5. The number of hydrogen-bond donors (Lipinski definition) is 0. The first kappa shape index (κ1) is 26.4. The minimum absolute atomic E-state index is 0.0822. The zero-order valence-corrected chi connectivity index (χ0v) is 21.6. The van der Waals surface area contributed by atoms with Crippen molar-refractivity contribution in [3.05, 3.63) is 64.7 Å². The van der Waals surface area contributed by atoms with Crippen molar-refractivity contribution in [3.63, 3.8) is 0 Å². The van der Waals surface area contributed by atoms with E-state index in [-0.39, 0.29) is 29.4 Å². The van der Waals surface area contributed by atoms with E-state index in [1.165, 1.54) is 11.1 Å². The van der Waals surface area contributed by atoms with Gasteiger partial charge in [-0.25, -0.2) is 4.79 Å². The van der Waals surface area contributed by atoms with Crippen LogP contribution in [0.25, 0.3) is 11.1 Å². The Bertz CT molecular complexity index is 1060. The highest BCUT2D eigenvalue weighted by molar-refractivity contribution is 5.94. The summed E-state index contributed by atoms with van der Waals surface area (Å²) in [5.41, 5.74) is 6.03. The third-order valence-electron chi connectivity index (χ3n) is 5.80. The number of ether oxygens (including phenoxy) is 2. The van der Waals surface area contributed by atoms with Gasteiger partial charge in [-0.2, -0.15) is 0 Å². The zero-order valence-electron chi connectivity index (χ0n) is 21.6. The Morgan fingerprint density at radius 1 is 0.939 bits per heavy atom. The SMILES string of the molecule is C=C(CC(=O)Oc1c(-c2cccc(C)c2C)cc(C(C)(C)C)cc1C(C)(C)C)C(=O)OCC. The van der Waals surface area contributed by atoms with Crippen molar-refractivity contribution in [2.24, 2.45) is 0 Å². The van der Waals surface area contributed by atoms with E-state index in [1.54, 1.807) is 6.92 Å². The molecule has 0 aliphatic carbocycles. The average Bonchev–Trinajstić information content (AvgIpc) is 2.68. The Morgan fingerprint density at radius 2 is 1.58 bits per heavy atom. The van der Waals surface area contributed by atoms with Crippen LogP contribution in [-0.2, 0) is 25.2 Å². The molecule has 0 saturated carbocycles. The van der Waals surface area contributed by atoms with Gasteiger partial charge in [-0.05, 0) is 59.9 Å². The molecule has 0 spiro atoms. The minimum Gasteiger partial charge on any atom is -0.463 e. The van der Waals surface area contributed by atoms with Crippen molar-refractivity contribution in [3.8, 4) is 16.9 Å². The zero-order chi connectivity index (χ0) is 25.1. The third-order valence-corrected chi connectivity index (χ3v) is 5.80. The molecule has 4 nitrogen and oxygen atoms in total. The van der Waals surface area contributed by atoms with Gasteiger partial charge in [0, 0.05) is 16.7 Å². The van der Waals surface area contributed by atoms with Crippen molar-refractivity contribution in [1.29, 1.82) is 0 Å². The lowest BCUT2D eigenvalue weighted by Crippen LogP contribution is -2.21. The van der Waals surface area contributed by atoms with E-state index < -0.39 is 11.9 Å². The highest BCUT2D eigenvalue weighted by Gasteiger charge is 2.29. The maximum absolute atomic E-state index is 12.9. The molecular formula is C29H38O4. The van der Waals surface area contributed by atoms with Gasteiger partial charge in [0.2, 0.25) is 0 Å². The van der Waals surface area contributed by atoms with Crippen LogP contribution in [0.15, 0.2) is 42.5 Å². The lowest BCUT2D eigenvalue weighted by Gasteiger charge is -2.29. The Labute approximate surface area is 199 Å². The second kappa shape index (κ2) is 9.94. The summed E-state index contributed by atoms with van der Waals surface area (Å²) >= 11 is 0. The number of hydrogen-bond acceptors (Lipinski definition) is 4. The van der Waals surface area contributed by atoms with Crippen LogP contribution in [0.4, 0.5) is 0 Å². The first-order valence-corrected chi connectivity index (χ1v) is 11.5. The van der Waals surface area contributed by atoms with Crippen LogP contribution in [-0.4, -0.2) is 18.5 Å². The van der Waals surface area contributed by atoms with Crippen LogP contribution in [0.1, 0.15) is 77.1 Å². The first-order valence-electron chi connectivity index (χ1n) is 11.5. The number of benzene rings is 2. The largest absolute Gasteiger partial charge is 0.463 e. The van der Waals surface area contributed by atoms with E-state index in [4.69, 9.17) is 9.47 Å². The van der Waals surface area contributed by atoms with E-state index in [1.807, 2.05) is 6.07 Å². The van der Waals surface area contributed by atoms with Gasteiger partial charge < -0.3 is 9.47 Å². The smallest absolute Gasteiger partial charge is 0.333 e. The molecule has 0 aromatic heterocycles. The standard InChI is InChI=1S/C29H38O4/c1-11-32-27(31)19(3)15-25(30)33-26-23(22-14-12-13-18(2)20(22)4)16-21(28(5,6)7)17-24(26)29(8,9)10/h12-14,16-17H,3,11,15H2,1-2,4-10H3. The topological polar surface area (TPSA) is 52.6 Å². The molecule has 0 amide bonds. The van der Waals surface area contributed by atoms with Gasteiger partial charge in [0.1, 0.15) is 5.75 Å². The van der Waals surface area contributed by atoms with Gasteiger partial charge in [-0.1, -0.05) is 72.4 Å². The minimum atomic E-state index is -0.580. The molecular weight excluding hydrogens is 412 g/mol. The van der Waals surface area contributed by atoms with Crippen LogP contribution < -0.4 is 4.74 Å². The molecule has 0 saturated heterocycles. The maximum Gasteiger partial charge on any atom is 0.333 e. The van der Waals surface area contributed by atoms with Gasteiger partial charge in [-0.3, -0.25) is 4.79 Å². The number of carbonyl (C=O) groups excluding carboxylic acids is 2. The van der Waals surface area contributed by atoms with Crippen molar-refractivity contribution < 1.29 is 19.1 Å². The van der Waals surface area contributed by atoms with Gasteiger partial charge >= 0.3 is 11.9 Å². The first-order chi connectivity index (χ1) is 15.2. The lowest BCUT2D eigenvalue weighted by molar-refractivity contribution is -0.141. The van der Waals surface area contributed by atoms with Crippen molar-refractivity contribution in [2.45, 2.75) is 79.6 Å². The molecule has 178 valence electrons. The van der Waals surface area contributed by atoms with Crippen molar-refractivity contribution >= 4 is 11.9 Å². The summed E-state index contributed by atoms with van der Waals surface area (Å²) in [5, 5.41) is 0. The molecule has 0 radical (unpaired) electrons. The summed E-state index contributed by atoms with van der Waals surface area (Å²) in [4.78, 5) is 24.9. The van der Waals surface area contributed by atoms with Crippen LogP contribution >= 0.6 is 0 Å². The fourth-order valence-corrected chi connectivity index (χ4v) is 3.60. The van der Waals surface area contributed by atoms with Gasteiger partial charge in [0.05, 0.1) is 13.0 Å². The van der Waals surface area contributed by atoms with E-state index in [0.717, 1.165) is 22.3 Å². The molecule has 0 aliphatic rings. The van der Waals surface area contributed by atoms with E-state index in [2.05, 4.69) is 86.2 Å². The highest BCUT2D eigenvalue weighted by Crippen LogP contribution is 2.44. The van der Waals surface area contributed by atoms with Crippen LogP contribution in [0.2, 0.25) is 0 Å². The van der Waals surface area contributed by atoms with E-state index in [0.29, 0.717) is 5.75 Å². The predicted octanol–water partition coefficient (Wildman–Crippen LogP) is 6.98. The number of aryl methyl sites for hydroxylation is 1. The molecule has 0 heterocycles.